The zero-order chi connectivity index (χ0) is 12.7. The van der Waals surface area contributed by atoms with Crippen LogP contribution in [0, 0.1) is 5.41 Å². The van der Waals surface area contributed by atoms with Crippen molar-refractivity contribution in [2.45, 2.75) is 32.4 Å². The van der Waals surface area contributed by atoms with Crippen LogP contribution in [0.1, 0.15) is 26.2 Å². The van der Waals surface area contributed by atoms with E-state index in [4.69, 9.17) is 23.2 Å². The average Bonchev–Trinajstić information content (AvgIpc) is 2.23. The molecule has 0 N–H and O–H groups in total. The summed E-state index contributed by atoms with van der Waals surface area (Å²) in [5.74, 6) is 0.846. The van der Waals surface area contributed by atoms with Gasteiger partial charge in [0.2, 0.25) is 0 Å². The molecule has 0 bridgehead atoms. The molecule has 0 aliphatic rings. The van der Waals surface area contributed by atoms with Crippen molar-refractivity contribution in [1.29, 1.82) is 0 Å². The molecule has 1 nitrogen and oxygen atoms in total. The van der Waals surface area contributed by atoms with E-state index in [1.807, 2.05) is 6.92 Å². The Hall–Kier alpha value is 0.330. The SMILES string of the molecule is CCC(CCl)(CCl)CCCOCC(F)(F)F. The second-order valence-electron chi connectivity index (χ2n) is 3.89. The molecule has 0 aliphatic heterocycles. The molecule has 0 aliphatic carbocycles. The summed E-state index contributed by atoms with van der Waals surface area (Å²) in [6, 6.07) is 0. The Bertz CT molecular complexity index is 173. The molecule has 0 aromatic carbocycles. The summed E-state index contributed by atoms with van der Waals surface area (Å²) in [7, 11) is 0. The van der Waals surface area contributed by atoms with Crippen molar-refractivity contribution >= 4 is 23.2 Å². The van der Waals surface area contributed by atoms with Crippen LogP contribution in [0.3, 0.4) is 0 Å². The van der Waals surface area contributed by atoms with Gasteiger partial charge in [-0.05, 0) is 24.7 Å². The van der Waals surface area contributed by atoms with Crippen LogP contribution < -0.4 is 0 Å². The van der Waals surface area contributed by atoms with E-state index in [0.717, 1.165) is 6.42 Å². The van der Waals surface area contributed by atoms with Crippen molar-refractivity contribution < 1.29 is 17.9 Å². The van der Waals surface area contributed by atoms with Crippen LogP contribution in [0.5, 0.6) is 0 Å². The van der Waals surface area contributed by atoms with E-state index in [2.05, 4.69) is 4.74 Å². The molecule has 0 saturated heterocycles. The van der Waals surface area contributed by atoms with E-state index in [-0.39, 0.29) is 12.0 Å². The van der Waals surface area contributed by atoms with Gasteiger partial charge < -0.3 is 4.74 Å². The van der Waals surface area contributed by atoms with Crippen LogP contribution in [0.15, 0.2) is 0 Å². The van der Waals surface area contributed by atoms with E-state index in [1.54, 1.807) is 0 Å². The third-order valence-corrected chi connectivity index (χ3v) is 3.71. The Morgan fingerprint density at radius 3 is 2.06 bits per heavy atom. The fourth-order valence-electron chi connectivity index (χ4n) is 1.27. The summed E-state index contributed by atoms with van der Waals surface area (Å²) in [6.45, 7) is 0.879. The van der Waals surface area contributed by atoms with Gasteiger partial charge in [-0.3, -0.25) is 0 Å². The highest BCUT2D eigenvalue weighted by Gasteiger charge is 2.28. The normalized spacial score (nSPS) is 13.1. The van der Waals surface area contributed by atoms with E-state index >= 15 is 0 Å². The molecule has 0 aromatic rings. The minimum atomic E-state index is -4.25. The largest absolute Gasteiger partial charge is 0.411 e. The topological polar surface area (TPSA) is 9.23 Å². The van der Waals surface area contributed by atoms with Crippen molar-refractivity contribution in [2.24, 2.45) is 5.41 Å². The quantitative estimate of drug-likeness (QED) is 0.478. The van der Waals surface area contributed by atoms with Gasteiger partial charge >= 0.3 is 6.18 Å². The lowest BCUT2D eigenvalue weighted by molar-refractivity contribution is -0.174. The molecule has 16 heavy (non-hydrogen) atoms. The maximum Gasteiger partial charge on any atom is 0.411 e. The Balaban J connectivity index is 3.71. The molecule has 0 spiro atoms. The molecule has 0 aromatic heterocycles. The fraction of sp³-hybridized carbons (Fsp3) is 1.00. The lowest BCUT2D eigenvalue weighted by Gasteiger charge is -2.27. The van der Waals surface area contributed by atoms with Gasteiger partial charge in [0.25, 0.3) is 0 Å². The van der Waals surface area contributed by atoms with Crippen molar-refractivity contribution in [1.82, 2.24) is 0 Å². The van der Waals surface area contributed by atoms with Gasteiger partial charge in [-0.15, -0.1) is 23.2 Å². The predicted molar refractivity (Wildman–Crippen MR) is 60.3 cm³/mol. The number of alkyl halides is 5. The van der Waals surface area contributed by atoms with Crippen molar-refractivity contribution in [3.8, 4) is 0 Å². The average molecular weight is 281 g/mol. The van der Waals surface area contributed by atoms with Gasteiger partial charge in [0, 0.05) is 18.4 Å². The molecule has 0 fully saturated rings. The zero-order valence-electron chi connectivity index (χ0n) is 9.25. The fourth-order valence-corrected chi connectivity index (χ4v) is 2.20. The number of hydrogen-bond donors (Lipinski definition) is 0. The summed E-state index contributed by atoms with van der Waals surface area (Å²) in [5, 5.41) is 0. The minimum Gasteiger partial charge on any atom is -0.372 e. The van der Waals surface area contributed by atoms with Gasteiger partial charge in [0.05, 0.1) is 0 Å². The molecule has 6 heteroatoms. The first-order chi connectivity index (χ1) is 7.39. The maximum atomic E-state index is 11.7. The first kappa shape index (κ1) is 16.3. The minimum absolute atomic E-state index is 0.0923. The van der Waals surface area contributed by atoms with E-state index in [1.165, 1.54) is 0 Å². The van der Waals surface area contributed by atoms with Crippen LogP contribution in [-0.4, -0.2) is 31.2 Å². The Morgan fingerprint density at radius 1 is 1.12 bits per heavy atom. The first-order valence-electron chi connectivity index (χ1n) is 5.15. The van der Waals surface area contributed by atoms with Crippen LogP contribution >= 0.6 is 23.2 Å². The number of rotatable bonds is 8. The van der Waals surface area contributed by atoms with Gasteiger partial charge in [-0.25, -0.2) is 0 Å². The molecule has 0 rings (SSSR count). The molecule has 0 atom stereocenters. The maximum absolute atomic E-state index is 11.7. The lowest BCUT2D eigenvalue weighted by atomic mass is 9.85. The second-order valence-corrected chi connectivity index (χ2v) is 4.43. The highest BCUT2D eigenvalue weighted by molar-refractivity contribution is 6.21. The Morgan fingerprint density at radius 2 is 1.69 bits per heavy atom. The monoisotopic (exact) mass is 280 g/mol. The summed E-state index contributed by atoms with van der Waals surface area (Å²) in [6.07, 6.45) is -2.20. The highest BCUT2D eigenvalue weighted by Crippen LogP contribution is 2.31. The van der Waals surface area contributed by atoms with Gasteiger partial charge in [0.15, 0.2) is 0 Å². The van der Waals surface area contributed by atoms with Crippen LogP contribution in [0.4, 0.5) is 13.2 Å². The molecular formula is C10H17Cl2F3O. The Kier molecular flexibility index (Phi) is 7.77. The summed E-state index contributed by atoms with van der Waals surface area (Å²) in [4.78, 5) is 0. The van der Waals surface area contributed by atoms with E-state index in [0.29, 0.717) is 24.6 Å². The highest BCUT2D eigenvalue weighted by atomic mass is 35.5. The third kappa shape index (κ3) is 6.81. The van der Waals surface area contributed by atoms with Gasteiger partial charge in [-0.1, -0.05) is 6.92 Å². The zero-order valence-corrected chi connectivity index (χ0v) is 10.8. The number of hydrogen-bond acceptors (Lipinski definition) is 1. The van der Waals surface area contributed by atoms with E-state index in [9.17, 15) is 13.2 Å². The molecule has 0 radical (unpaired) electrons. The lowest BCUT2D eigenvalue weighted by Crippen LogP contribution is -2.25. The molecular weight excluding hydrogens is 264 g/mol. The number of ether oxygens (including phenoxy) is 1. The molecule has 0 unspecified atom stereocenters. The molecule has 98 valence electrons. The molecule has 0 heterocycles. The third-order valence-electron chi connectivity index (χ3n) is 2.58. The summed E-state index contributed by atoms with van der Waals surface area (Å²) in [5.41, 5.74) is -0.176. The van der Waals surface area contributed by atoms with E-state index < -0.39 is 12.8 Å². The van der Waals surface area contributed by atoms with Gasteiger partial charge in [0.1, 0.15) is 6.61 Å². The van der Waals surface area contributed by atoms with Crippen molar-refractivity contribution in [3.05, 3.63) is 0 Å². The summed E-state index contributed by atoms with van der Waals surface area (Å²) < 4.78 is 39.8. The summed E-state index contributed by atoms with van der Waals surface area (Å²) >= 11 is 11.6. The van der Waals surface area contributed by atoms with Crippen molar-refractivity contribution in [2.75, 3.05) is 25.0 Å². The smallest absolute Gasteiger partial charge is 0.372 e. The van der Waals surface area contributed by atoms with Crippen LogP contribution in [0.25, 0.3) is 0 Å². The number of halogens is 5. The predicted octanol–water partition coefficient (Wildman–Crippen LogP) is 4.22. The van der Waals surface area contributed by atoms with Crippen molar-refractivity contribution in [3.63, 3.8) is 0 Å². The second kappa shape index (κ2) is 7.62. The Labute approximate surface area is 104 Å². The standard InChI is InChI=1S/C10H17Cl2F3O/c1-2-9(6-11,7-12)4-3-5-16-8-10(13,14)15/h2-8H2,1H3. The first-order valence-corrected chi connectivity index (χ1v) is 6.22. The molecule has 0 saturated carbocycles. The molecule has 0 amide bonds. The van der Waals surface area contributed by atoms with Crippen LogP contribution in [0.2, 0.25) is 0 Å². The van der Waals surface area contributed by atoms with Crippen LogP contribution in [-0.2, 0) is 4.74 Å². The van der Waals surface area contributed by atoms with Gasteiger partial charge in [-0.2, -0.15) is 13.2 Å².